The van der Waals surface area contributed by atoms with E-state index in [1.165, 1.54) is 35.2 Å². The number of nitriles is 1. The molecule has 1 aliphatic rings. The largest absolute Gasteiger partial charge is 0.382 e. The monoisotopic (exact) mass is 605 g/mol. The van der Waals surface area contributed by atoms with Crippen molar-refractivity contribution in [2.75, 3.05) is 18.5 Å². The highest BCUT2D eigenvalue weighted by Crippen LogP contribution is 2.39. The van der Waals surface area contributed by atoms with E-state index in [9.17, 15) is 18.7 Å². The van der Waals surface area contributed by atoms with Crippen molar-refractivity contribution in [3.63, 3.8) is 0 Å². The summed E-state index contributed by atoms with van der Waals surface area (Å²) in [6.07, 6.45) is 2.41. The number of ether oxygens (including phenoxy) is 2. The van der Waals surface area contributed by atoms with Crippen molar-refractivity contribution in [2.24, 2.45) is 0 Å². The molecule has 0 unspecified atom stereocenters. The van der Waals surface area contributed by atoms with Gasteiger partial charge in [0, 0.05) is 33.7 Å². The molecule has 12 heteroatoms. The fourth-order valence-corrected chi connectivity index (χ4v) is 6.10. The summed E-state index contributed by atoms with van der Waals surface area (Å²) in [6, 6.07) is 19.2. The third-order valence-corrected chi connectivity index (χ3v) is 8.60. The molecule has 222 valence electrons. The van der Waals surface area contributed by atoms with E-state index in [0.29, 0.717) is 30.9 Å². The van der Waals surface area contributed by atoms with E-state index < -0.39 is 28.8 Å². The van der Waals surface area contributed by atoms with Gasteiger partial charge in [-0.25, -0.2) is 18.4 Å². The van der Waals surface area contributed by atoms with Crippen LogP contribution in [0, 0.1) is 23.0 Å². The molecule has 3 aromatic carbocycles. The van der Waals surface area contributed by atoms with Crippen molar-refractivity contribution < 1.29 is 28.2 Å². The van der Waals surface area contributed by atoms with Crippen molar-refractivity contribution in [2.45, 2.75) is 42.3 Å². The third kappa shape index (κ3) is 7.26. The van der Waals surface area contributed by atoms with Crippen molar-refractivity contribution in [3.8, 4) is 6.07 Å². The van der Waals surface area contributed by atoms with Gasteiger partial charge in [0.1, 0.15) is 29.9 Å². The second-order valence-corrected chi connectivity index (χ2v) is 11.8. The number of carbonyl (C=O) groups excluding carboxylic acids is 1. The third-order valence-electron chi connectivity index (χ3n) is 7.14. The Morgan fingerprint density at radius 1 is 1.16 bits per heavy atom. The number of nitrogens with one attached hydrogen (secondary N) is 1. The summed E-state index contributed by atoms with van der Waals surface area (Å²) in [5.74, 6) is -1.86. The maximum atomic E-state index is 14.8. The van der Waals surface area contributed by atoms with Gasteiger partial charge in [-0.2, -0.15) is 10.4 Å². The van der Waals surface area contributed by atoms with Gasteiger partial charge >= 0.3 is 0 Å². The Morgan fingerprint density at radius 2 is 1.88 bits per heavy atom. The zero-order chi connectivity index (χ0) is 30.4. The van der Waals surface area contributed by atoms with Crippen LogP contribution in [0.5, 0.6) is 0 Å². The van der Waals surface area contributed by atoms with Crippen molar-refractivity contribution in [3.05, 3.63) is 113 Å². The zero-order valence-corrected chi connectivity index (χ0v) is 24.0. The van der Waals surface area contributed by atoms with Gasteiger partial charge in [-0.15, -0.1) is 11.8 Å². The smallest absolute Gasteiger partial charge is 0.255 e. The number of aromatic nitrogens is 3. The number of halogens is 2. The molecule has 0 spiro atoms. The molecule has 1 fully saturated rings. The van der Waals surface area contributed by atoms with Gasteiger partial charge in [-0.05, 0) is 35.9 Å². The molecule has 0 aliphatic carbocycles. The summed E-state index contributed by atoms with van der Waals surface area (Å²) in [6.45, 7) is 2.28. The van der Waals surface area contributed by atoms with E-state index >= 15 is 0 Å². The quantitative estimate of drug-likeness (QED) is 0.259. The van der Waals surface area contributed by atoms with E-state index in [2.05, 4.69) is 21.5 Å². The minimum atomic E-state index is -1.73. The lowest BCUT2D eigenvalue weighted by Crippen LogP contribution is -2.43. The highest BCUT2D eigenvalue weighted by atomic mass is 32.2. The topological polar surface area (TPSA) is 122 Å². The molecule has 1 saturated heterocycles. The highest BCUT2D eigenvalue weighted by molar-refractivity contribution is 8.00. The standard InChI is InChI=1S/C31H29F2N5O4S/c1-20(31(40,17-38-19-35-18-36-38)27-11-8-24(32)14-28(27)33)43-26-15-41-30(42-16-26)23-6-4-22(5-7-23)29(39)37-25-9-2-21(3-10-25)12-13-34/h2-11,14,18-20,26,30,40H,12,15-17H2,1H3,(H,37,39)/t20-,26-,30-,31-/m1/s1. The van der Waals surface area contributed by atoms with Gasteiger partial charge in [0.25, 0.3) is 5.91 Å². The Morgan fingerprint density at radius 3 is 2.51 bits per heavy atom. The first-order valence-electron chi connectivity index (χ1n) is 13.5. The molecular formula is C31H29F2N5O4S. The number of aliphatic hydroxyl groups is 1. The highest BCUT2D eigenvalue weighted by Gasteiger charge is 2.41. The second kappa shape index (κ2) is 13.4. The predicted octanol–water partition coefficient (Wildman–Crippen LogP) is 5.00. The molecule has 1 aromatic heterocycles. The summed E-state index contributed by atoms with van der Waals surface area (Å²) >= 11 is 1.37. The van der Waals surface area contributed by atoms with Crippen molar-refractivity contribution >= 4 is 23.4 Å². The Labute approximate surface area is 251 Å². The van der Waals surface area contributed by atoms with Crippen LogP contribution < -0.4 is 5.32 Å². The number of anilines is 1. The van der Waals surface area contributed by atoms with Crippen LogP contribution in [-0.4, -0.2) is 49.5 Å². The number of carbonyl (C=O) groups is 1. The van der Waals surface area contributed by atoms with E-state index in [1.807, 2.05) is 0 Å². The summed E-state index contributed by atoms with van der Waals surface area (Å²) in [5.41, 5.74) is 0.925. The van der Waals surface area contributed by atoms with Gasteiger partial charge in [0.15, 0.2) is 6.29 Å². The van der Waals surface area contributed by atoms with Gasteiger partial charge < -0.3 is 19.9 Å². The first kappa shape index (κ1) is 30.3. The zero-order valence-electron chi connectivity index (χ0n) is 23.2. The maximum Gasteiger partial charge on any atom is 0.255 e. The molecule has 0 saturated carbocycles. The first-order valence-corrected chi connectivity index (χ1v) is 14.5. The van der Waals surface area contributed by atoms with Crippen LogP contribution in [0.25, 0.3) is 0 Å². The molecule has 43 heavy (non-hydrogen) atoms. The average Bonchev–Trinajstić information content (AvgIpc) is 3.51. The summed E-state index contributed by atoms with van der Waals surface area (Å²) in [7, 11) is 0. The molecule has 5 rings (SSSR count). The van der Waals surface area contributed by atoms with Crippen LogP contribution >= 0.6 is 11.8 Å². The molecule has 4 aromatic rings. The molecule has 0 bridgehead atoms. The van der Waals surface area contributed by atoms with Gasteiger partial charge in [-0.3, -0.25) is 4.79 Å². The molecule has 0 radical (unpaired) electrons. The molecular weight excluding hydrogens is 576 g/mol. The fourth-order valence-electron chi connectivity index (χ4n) is 4.78. The number of hydrogen-bond donors (Lipinski definition) is 2. The lowest BCUT2D eigenvalue weighted by atomic mass is 9.90. The maximum absolute atomic E-state index is 14.8. The van der Waals surface area contributed by atoms with Crippen LogP contribution in [0.2, 0.25) is 0 Å². The SMILES string of the molecule is C[C@@H](S[C@H]1CO[C@H](c2ccc(C(=O)Nc3ccc(CC#N)cc3)cc2)OC1)[C@](O)(Cn1cncn1)c1ccc(F)cc1F. The molecule has 1 aliphatic heterocycles. The number of hydrogen-bond acceptors (Lipinski definition) is 8. The number of benzene rings is 3. The van der Waals surface area contributed by atoms with E-state index in [4.69, 9.17) is 14.7 Å². The number of amides is 1. The van der Waals surface area contributed by atoms with Crippen LogP contribution in [0.4, 0.5) is 14.5 Å². The number of nitrogens with zero attached hydrogens (tertiary/aromatic N) is 4. The second-order valence-electron chi connectivity index (χ2n) is 10.1. The molecule has 2 heterocycles. The van der Waals surface area contributed by atoms with Gasteiger partial charge in [-0.1, -0.05) is 37.3 Å². The molecule has 9 nitrogen and oxygen atoms in total. The molecule has 2 N–H and O–H groups in total. The molecule has 1 amide bonds. The summed E-state index contributed by atoms with van der Waals surface area (Å²) < 4.78 is 41.8. The van der Waals surface area contributed by atoms with Crippen molar-refractivity contribution in [1.82, 2.24) is 14.8 Å². The van der Waals surface area contributed by atoms with Crippen LogP contribution in [0.15, 0.2) is 79.4 Å². The van der Waals surface area contributed by atoms with E-state index in [0.717, 1.165) is 23.3 Å². The number of rotatable bonds is 10. The van der Waals surface area contributed by atoms with E-state index in [1.54, 1.807) is 55.5 Å². The minimum Gasteiger partial charge on any atom is -0.382 e. The fraction of sp³-hybridized carbons (Fsp3) is 0.290. The van der Waals surface area contributed by atoms with Crippen molar-refractivity contribution in [1.29, 1.82) is 5.26 Å². The van der Waals surface area contributed by atoms with E-state index in [-0.39, 0.29) is 23.3 Å². The Kier molecular flexibility index (Phi) is 9.47. The normalized spacial score (nSPS) is 18.8. The van der Waals surface area contributed by atoms with Crippen LogP contribution in [0.3, 0.4) is 0 Å². The lowest BCUT2D eigenvalue weighted by Gasteiger charge is -2.37. The number of thioether (sulfide) groups is 1. The first-order chi connectivity index (χ1) is 20.7. The Bertz CT molecular complexity index is 1570. The Hall–Kier alpha value is -4.15. The van der Waals surface area contributed by atoms with Gasteiger partial charge in [0.2, 0.25) is 0 Å². The minimum absolute atomic E-state index is 0.0416. The average molecular weight is 606 g/mol. The van der Waals surface area contributed by atoms with Crippen LogP contribution in [0.1, 0.15) is 40.3 Å². The Balaban J connectivity index is 1.18. The summed E-state index contributed by atoms with van der Waals surface area (Å²) in [4.78, 5) is 16.6. The summed E-state index contributed by atoms with van der Waals surface area (Å²) in [5, 5.41) is 26.7. The predicted molar refractivity (Wildman–Crippen MR) is 156 cm³/mol. The van der Waals surface area contributed by atoms with Crippen LogP contribution in [-0.2, 0) is 28.0 Å². The lowest BCUT2D eigenvalue weighted by molar-refractivity contribution is -0.180. The van der Waals surface area contributed by atoms with Gasteiger partial charge in [0.05, 0.1) is 37.5 Å². The molecule has 2 atom stereocenters.